The fraction of sp³-hybridized carbons (Fsp3) is 0.500. The maximum absolute atomic E-state index is 12.7. The number of anilines is 1. The molecule has 0 saturated heterocycles. The van der Waals surface area contributed by atoms with E-state index in [2.05, 4.69) is 34.2 Å². The molecule has 6 nitrogen and oxygen atoms in total. The monoisotopic (exact) mass is 381 g/mol. The van der Waals surface area contributed by atoms with Crippen molar-refractivity contribution in [3.05, 3.63) is 42.2 Å². The minimum atomic E-state index is -0.0148. The highest BCUT2D eigenvalue weighted by atomic mass is 16.1. The molecule has 2 aromatic rings. The smallest absolute Gasteiger partial charge is 0.251 e. The molecule has 1 aliphatic carbocycles. The molecule has 1 fully saturated rings. The summed E-state index contributed by atoms with van der Waals surface area (Å²) < 4.78 is 0. The third kappa shape index (κ3) is 4.33. The standard InChI is InChI=1S/C22H31N5O/c1-5-27(4)22(12-6-7-13-22)15-23-21(28)18-10-8-17(9-11-18)19-14-20(26(2)3)25-16-24-19/h8-11,14,16H,5-7,12-13,15H2,1-4H3,(H,23,28). The molecule has 0 radical (unpaired) electrons. The van der Waals surface area contributed by atoms with Gasteiger partial charge < -0.3 is 10.2 Å². The molecule has 1 aromatic carbocycles. The van der Waals surface area contributed by atoms with Crippen molar-refractivity contribution >= 4 is 11.7 Å². The van der Waals surface area contributed by atoms with Gasteiger partial charge in [0, 0.05) is 43.4 Å². The molecule has 0 unspecified atom stereocenters. The summed E-state index contributed by atoms with van der Waals surface area (Å²) in [4.78, 5) is 25.6. The van der Waals surface area contributed by atoms with Crippen LogP contribution in [0.25, 0.3) is 11.3 Å². The van der Waals surface area contributed by atoms with Crippen LogP contribution in [0.4, 0.5) is 5.82 Å². The number of carbonyl (C=O) groups is 1. The normalized spacial score (nSPS) is 15.6. The average molecular weight is 382 g/mol. The number of nitrogens with one attached hydrogen (secondary N) is 1. The Bertz CT molecular complexity index is 797. The van der Waals surface area contributed by atoms with Gasteiger partial charge in [0.2, 0.25) is 0 Å². The maximum Gasteiger partial charge on any atom is 0.251 e. The van der Waals surface area contributed by atoms with Gasteiger partial charge in [-0.1, -0.05) is 31.9 Å². The molecule has 28 heavy (non-hydrogen) atoms. The summed E-state index contributed by atoms with van der Waals surface area (Å²) in [6.07, 6.45) is 6.35. The number of hydrogen-bond donors (Lipinski definition) is 1. The Kier molecular flexibility index (Phi) is 6.29. The molecular formula is C22H31N5O. The van der Waals surface area contributed by atoms with Crippen LogP contribution in [0.15, 0.2) is 36.7 Å². The molecule has 1 aliphatic rings. The van der Waals surface area contributed by atoms with Crippen LogP contribution in [0.1, 0.15) is 43.0 Å². The summed E-state index contributed by atoms with van der Waals surface area (Å²) in [5.74, 6) is 0.840. The summed E-state index contributed by atoms with van der Waals surface area (Å²) in [5.41, 5.74) is 2.60. The Balaban J connectivity index is 1.68. The predicted octanol–water partition coefficient (Wildman–Crippen LogP) is 3.20. The van der Waals surface area contributed by atoms with Crippen LogP contribution < -0.4 is 10.2 Å². The second-order valence-corrected chi connectivity index (χ2v) is 7.86. The van der Waals surface area contributed by atoms with E-state index in [9.17, 15) is 4.79 Å². The zero-order valence-corrected chi connectivity index (χ0v) is 17.4. The number of carbonyl (C=O) groups excluding carboxylic acids is 1. The fourth-order valence-corrected chi connectivity index (χ4v) is 3.95. The quantitative estimate of drug-likeness (QED) is 0.798. The van der Waals surface area contributed by atoms with Crippen molar-refractivity contribution in [1.29, 1.82) is 0 Å². The summed E-state index contributed by atoms with van der Waals surface area (Å²) in [6, 6.07) is 9.57. The SMILES string of the molecule is CCN(C)C1(CNC(=O)c2ccc(-c3cc(N(C)C)ncn3)cc2)CCCC1. The van der Waals surface area contributed by atoms with Gasteiger partial charge in [0.05, 0.1) is 5.69 Å². The molecule has 0 atom stereocenters. The maximum atomic E-state index is 12.7. The summed E-state index contributed by atoms with van der Waals surface area (Å²) in [6.45, 7) is 3.88. The molecule has 0 aliphatic heterocycles. The molecule has 0 spiro atoms. The van der Waals surface area contributed by atoms with E-state index in [1.54, 1.807) is 6.33 Å². The molecule has 3 rings (SSSR count). The lowest BCUT2D eigenvalue weighted by Gasteiger charge is -2.38. The van der Waals surface area contributed by atoms with Crippen LogP contribution in [-0.4, -0.2) is 60.5 Å². The van der Waals surface area contributed by atoms with Crippen LogP contribution in [0, 0.1) is 0 Å². The minimum Gasteiger partial charge on any atom is -0.363 e. The van der Waals surface area contributed by atoms with Gasteiger partial charge in [-0.3, -0.25) is 9.69 Å². The van der Waals surface area contributed by atoms with E-state index in [1.807, 2.05) is 49.3 Å². The first-order valence-corrected chi connectivity index (χ1v) is 10.0. The predicted molar refractivity (Wildman–Crippen MR) is 114 cm³/mol. The van der Waals surface area contributed by atoms with Crippen molar-refractivity contribution in [3.63, 3.8) is 0 Å². The van der Waals surface area contributed by atoms with E-state index in [-0.39, 0.29) is 11.4 Å². The van der Waals surface area contributed by atoms with Gasteiger partial charge in [-0.05, 0) is 38.6 Å². The van der Waals surface area contributed by atoms with Crippen LogP contribution >= 0.6 is 0 Å². The van der Waals surface area contributed by atoms with E-state index in [1.165, 1.54) is 12.8 Å². The summed E-state index contributed by atoms with van der Waals surface area (Å²) in [7, 11) is 6.06. The Labute approximate surface area is 168 Å². The first-order valence-electron chi connectivity index (χ1n) is 10.0. The molecule has 1 saturated carbocycles. The Morgan fingerprint density at radius 2 is 1.79 bits per heavy atom. The highest BCUT2D eigenvalue weighted by Gasteiger charge is 2.37. The fourth-order valence-electron chi connectivity index (χ4n) is 3.95. The highest BCUT2D eigenvalue weighted by Crippen LogP contribution is 2.34. The van der Waals surface area contributed by atoms with Gasteiger partial charge in [-0.25, -0.2) is 9.97 Å². The number of aromatic nitrogens is 2. The second kappa shape index (κ2) is 8.69. The van der Waals surface area contributed by atoms with Crippen molar-refractivity contribution in [2.24, 2.45) is 0 Å². The highest BCUT2D eigenvalue weighted by molar-refractivity contribution is 5.94. The molecule has 6 heteroatoms. The molecule has 0 bridgehead atoms. The van der Waals surface area contributed by atoms with Crippen molar-refractivity contribution in [2.75, 3.05) is 39.1 Å². The number of likely N-dealkylation sites (N-methyl/N-ethyl adjacent to an activating group) is 1. The zero-order chi connectivity index (χ0) is 20.1. The van der Waals surface area contributed by atoms with Crippen molar-refractivity contribution < 1.29 is 4.79 Å². The second-order valence-electron chi connectivity index (χ2n) is 7.86. The van der Waals surface area contributed by atoms with Crippen LogP contribution in [0.5, 0.6) is 0 Å². The van der Waals surface area contributed by atoms with Crippen LogP contribution in [0.3, 0.4) is 0 Å². The van der Waals surface area contributed by atoms with Gasteiger partial charge in [0.15, 0.2) is 0 Å². The Hall–Kier alpha value is -2.47. The zero-order valence-electron chi connectivity index (χ0n) is 17.4. The first kappa shape index (κ1) is 20.3. The van der Waals surface area contributed by atoms with E-state index < -0.39 is 0 Å². The van der Waals surface area contributed by atoms with Crippen LogP contribution in [-0.2, 0) is 0 Å². The molecular weight excluding hydrogens is 350 g/mol. The van der Waals surface area contributed by atoms with Gasteiger partial charge in [-0.2, -0.15) is 0 Å². The van der Waals surface area contributed by atoms with E-state index >= 15 is 0 Å². The van der Waals surface area contributed by atoms with E-state index in [0.29, 0.717) is 12.1 Å². The number of nitrogens with zero attached hydrogens (tertiary/aromatic N) is 4. The van der Waals surface area contributed by atoms with Gasteiger partial charge in [0.25, 0.3) is 5.91 Å². The number of amides is 1. The number of hydrogen-bond acceptors (Lipinski definition) is 5. The summed E-state index contributed by atoms with van der Waals surface area (Å²) in [5, 5.41) is 3.17. The Morgan fingerprint density at radius 3 is 2.39 bits per heavy atom. The topological polar surface area (TPSA) is 61.4 Å². The van der Waals surface area contributed by atoms with Crippen molar-refractivity contribution in [1.82, 2.24) is 20.2 Å². The van der Waals surface area contributed by atoms with Gasteiger partial charge in [0.1, 0.15) is 12.1 Å². The minimum absolute atomic E-state index is 0.0148. The lowest BCUT2D eigenvalue weighted by Crippen LogP contribution is -2.52. The number of rotatable bonds is 7. The molecule has 1 aromatic heterocycles. The molecule has 1 N–H and O–H groups in total. The number of benzene rings is 1. The molecule has 1 heterocycles. The molecule has 150 valence electrons. The van der Waals surface area contributed by atoms with Gasteiger partial charge in [-0.15, -0.1) is 0 Å². The summed E-state index contributed by atoms with van der Waals surface area (Å²) >= 11 is 0. The molecule has 1 amide bonds. The first-order chi connectivity index (χ1) is 13.4. The van der Waals surface area contributed by atoms with Crippen LogP contribution in [0.2, 0.25) is 0 Å². The largest absolute Gasteiger partial charge is 0.363 e. The van der Waals surface area contributed by atoms with Gasteiger partial charge >= 0.3 is 0 Å². The Morgan fingerprint density at radius 1 is 1.11 bits per heavy atom. The average Bonchev–Trinajstić information content (AvgIpc) is 3.22. The van der Waals surface area contributed by atoms with E-state index in [4.69, 9.17) is 0 Å². The van der Waals surface area contributed by atoms with E-state index in [0.717, 1.165) is 36.5 Å². The van der Waals surface area contributed by atoms with Crippen molar-refractivity contribution in [3.8, 4) is 11.3 Å². The van der Waals surface area contributed by atoms with Crippen molar-refractivity contribution in [2.45, 2.75) is 38.1 Å². The lowest BCUT2D eigenvalue weighted by atomic mass is 9.95. The third-order valence-corrected chi connectivity index (χ3v) is 5.95. The third-order valence-electron chi connectivity index (χ3n) is 5.95. The lowest BCUT2D eigenvalue weighted by molar-refractivity contribution is 0.0874.